The van der Waals surface area contributed by atoms with Crippen molar-refractivity contribution in [2.45, 2.75) is 37.4 Å². The second-order valence-electron chi connectivity index (χ2n) is 8.75. The number of hydrogen-bond donors (Lipinski definition) is 2. The Labute approximate surface area is 193 Å². The quantitative estimate of drug-likeness (QED) is 0.578. The summed E-state index contributed by atoms with van der Waals surface area (Å²) in [6.07, 6.45) is 4.94. The maximum Gasteiger partial charge on any atom is 0.276 e. The highest BCUT2D eigenvalue weighted by Gasteiger charge is 2.50. The van der Waals surface area contributed by atoms with Crippen LogP contribution >= 0.6 is 0 Å². The van der Waals surface area contributed by atoms with E-state index in [9.17, 15) is 19.2 Å². The summed E-state index contributed by atoms with van der Waals surface area (Å²) in [4.78, 5) is 61.8. The zero-order chi connectivity index (χ0) is 23.4. The third-order valence-corrected chi connectivity index (χ3v) is 6.83. The Bertz CT molecular complexity index is 1380. The Kier molecular flexibility index (Phi) is 4.38. The number of aromatic nitrogens is 3. The molecular formula is C24H20N6O4. The minimum atomic E-state index is -1.02. The van der Waals surface area contributed by atoms with E-state index in [0.29, 0.717) is 36.2 Å². The predicted octanol–water partition coefficient (Wildman–Crippen LogP) is 2.02. The summed E-state index contributed by atoms with van der Waals surface area (Å²) in [6, 6.07) is 11.1. The molecule has 1 spiro atoms. The second-order valence-corrected chi connectivity index (χ2v) is 8.75. The molecule has 170 valence electrons. The zero-order valence-corrected chi connectivity index (χ0v) is 18.0. The molecule has 3 amide bonds. The molecule has 1 fully saturated rings. The van der Waals surface area contributed by atoms with Crippen LogP contribution in [0.3, 0.4) is 0 Å². The summed E-state index contributed by atoms with van der Waals surface area (Å²) in [5.74, 6) is -0.572. The molecule has 10 nitrogen and oxygen atoms in total. The number of carbonyl (C=O) groups excluding carboxylic acids is 3. The molecular weight excluding hydrogens is 436 g/mol. The Morgan fingerprint density at radius 1 is 1.00 bits per heavy atom. The van der Waals surface area contributed by atoms with Crippen molar-refractivity contribution in [3.8, 4) is 0 Å². The largest absolute Gasteiger partial charge is 0.336 e. The van der Waals surface area contributed by atoms with Crippen LogP contribution in [0.1, 0.15) is 56.9 Å². The van der Waals surface area contributed by atoms with E-state index in [1.54, 1.807) is 48.7 Å². The van der Waals surface area contributed by atoms with E-state index in [1.165, 1.54) is 15.8 Å². The molecule has 2 aliphatic heterocycles. The van der Waals surface area contributed by atoms with Crippen LogP contribution < -0.4 is 16.2 Å². The molecule has 34 heavy (non-hydrogen) atoms. The first-order valence-electron chi connectivity index (χ1n) is 11.1. The fourth-order valence-electron chi connectivity index (χ4n) is 5.37. The molecule has 1 aromatic carbocycles. The number of nitrogens with zero attached hydrogens (tertiary/aromatic N) is 4. The zero-order valence-electron chi connectivity index (χ0n) is 18.0. The van der Waals surface area contributed by atoms with Crippen LogP contribution in [0, 0.1) is 0 Å². The van der Waals surface area contributed by atoms with Crippen LogP contribution in [0.15, 0.2) is 59.8 Å². The lowest BCUT2D eigenvalue weighted by molar-refractivity contribution is 0.0414. The van der Waals surface area contributed by atoms with E-state index in [-0.39, 0.29) is 41.1 Å². The fourth-order valence-corrected chi connectivity index (χ4v) is 5.37. The predicted molar refractivity (Wildman–Crippen MR) is 121 cm³/mol. The Balaban J connectivity index is 1.37. The van der Waals surface area contributed by atoms with Crippen LogP contribution in [-0.4, -0.2) is 43.2 Å². The minimum absolute atomic E-state index is 0.251. The number of benzene rings is 1. The number of anilines is 2. The van der Waals surface area contributed by atoms with Crippen LogP contribution in [0.2, 0.25) is 0 Å². The molecule has 2 unspecified atom stereocenters. The molecule has 4 heterocycles. The topological polar surface area (TPSA) is 126 Å². The molecule has 0 radical (unpaired) electrons. The third-order valence-electron chi connectivity index (χ3n) is 6.83. The van der Waals surface area contributed by atoms with Gasteiger partial charge >= 0.3 is 0 Å². The molecule has 10 heteroatoms. The highest BCUT2D eigenvalue weighted by Crippen LogP contribution is 2.40. The third kappa shape index (κ3) is 2.88. The van der Waals surface area contributed by atoms with Crippen LogP contribution in [-0.2, 0) is 5.66 Å². The Morgan fingerprint density at radius 2 is 1.76 bits per heavy atom. The molecule has 6 rings (SSSR count). The van der Waals surface area contributed by atoms with Gasteiger partial charge in [-0.25, -0.2) is 9.97 Å². The van der Waals surface area contributed by atoms with Crippen LogP contribution in [0.25, 0.3) is 0 Å². The van der Waals surface area contributed by atoms with Gasteiger partial charge in [0, 0.05) is 18.7 Å². The van der Waals surface area contributed by atoms with Crippen molar-refractivity contribution in [2.24, 2.45) is 0 Å². The normalized spacial score (nSPS) is 23.1. The van der Waals surface area contributed by atoms with Gasteiger partial charge in [0.2, 0.25) is 0 Å². The maximum absolute atomic E-state index is 13.5. The molecule has 3 aliphatic rings. The lowest BCUT2D eigenvalue weighted by Gasteiger charge is -2.41. The first-order chi connectivity index (χ1) is 16.5. The number of amides is 3. The summed E-state index contributed by atoms with van der Waals surface area (Å²) < 4.78 is 1.48. The highest BCUT2D eigenvalue weighted by molar-refractivity contribution is 6.21. The SMILES string of the molecule is O=C1NC2(CCCC(N3C(=O)c4ccccc4C3=O)C2)n2c1ccc(Nc1ccncn1)c2=O. The van der Waals surface area contributed by atoms with Crippen molar-refractivity contribution >= 4 is 29.2 Å². The maximum atomic E-state index is 13.5. The number of nitrogens with one attached hydrogen (secondary N) is 2. The molecule has 2 atom stereocenters. The lowest BCUT2D eigenvalue weighted by atomic mass is 9.84. The summed E-state index contributed by atoms with van der Waals surface area (Å²) in [5.41, 5.74) is -0.113. The number of imide groups is 1. The first kappa shape index (κ1) is 20.3. The van der Waals surface area contributed by atoms with E-state index in [4.69, 9.17) is 0 Å². The lowest BCUT2D eigenvalue weighted by Crippen LogP contribution is -2.55. The van der Waals surface area contributed by atoms with E-state index in [0.717, 1.165) is 0 Å². The van der Waals surface area contributed by atoms with Gasteiger partial charge in [0.1, 0.15) is 29.2 Å². The summed E-state index contributed by atoms with van der Waals surface area (Å²) in [7, 11) is 0. The van der Waals surface area contributed by atoms with Crippen molar-refractivity contribution in [3.05, 3.63) is 82.2 Å². The van der Waals surface area contributed by atoms with Crippen molar-refractivity contribution < 1.29 is 14.4 Å². The van der Waals surface area contributed by atoms with E-state index >= 15 is 0 Å². The van der Waals surface area contributed by atoms with Crippen molar-refractivity contribution in [2.75, 3.05) is 5.32 Å². The molecule has 1 saturated carbocycles. The van der Waals surface area contributed by atoms with Gasteiger partial charge < -0.3 is 10.6 Å². The number of hydrogen-bond acceptors (Lipinski definition) is 7. The van der Waals surface area contributed by atoms with Gasteiger partial charge in [-0.1, -0.05) is 12.1 Å². The highest BCUT2D eigenvalue weighted by atomic mass is 16.2. The van der Waals surface area contributed by atoms with Gasteiger partial charge in [0.15, 0.2) is 0 Å². The summed E-state index contributed by atoms with van der Waals surface area (Å²) >= 11 is 0. The monoisotopic (exact) mass is 456 g/mol. The smallest absolute Gasteiger partial charge is 0.276 e. The van der Waals surface area contributed by atoms with Crippen molar-refractivity contribution in [1.82, 2.24) is 24.8 Å². The van der Waals surface area contributed by atoms with Crippen molar-refractivity contribution in [1.29, 1.82) is 0 Å². The summed E-state index contributed by atoms with van der Waals surface area (Å²) in [5, 5.41) is 5.98. The van der Waals surface area contributed by atoms with Crippen LogP contribution in [0.4, 0.5) is 11.5 Å². The average Bonchev–Trinajstić information content (AvgIpc) is 3.26. The molecule has 0 bridgehead atoms. The average molecular weight is 456 g/mol. The van der Waals surface area contributed by atoms with Gasteiger partial charge in [-0.2, -0.15) is 0 Å². The van der Waals surface area contributed by atoms with Crippen LogP contribution in [0.5, 0.6) is 0 Å². The number of fused-ring (bicyclic) bond motifs is 3. The second kappa shape index (κ2) is 7.34. The minimum Gasteiger partial charge on any atom is -0.336 e. The molecule has 2 aromatic heterocycles. The number of carbonyl (C=O) groups is 3. The van der Waals surface area contributed by atoms with Gasteiger partial charge in [0.05, 0.1) is 11.1 Å². The van der Waals surface area contributed by atoms with Gasteiger partial charge in [-0.05, 0) is 49.6 Å². The first-order valence-corrected chi connectivity index (χ1v) is 11.1. The molecule has 1 aliphatic carbocycles. The van der Waals surface area contributed by atoms with E-state index in [2.05, 4.69) is 20.6 Å². The van der Waals surface area contributed by atoms with Gasteiger partial charge in [-0.3, -0.25) is 28.6 Å². The molecule has 2 N–H and O–H groups in total. The van der Waals surface area contributed by atoms with Crippen molar-refractivity contribution in [3.63, 3.8) is 0 Å². The fraction of sp³-hybridized carbons (Fsp3) is 0.250. The van der Waals surface area contributed by atoms with E-state index in [1.807, 2.05) is 0 Å². The molecule has 3 aromatic rings. The number of pyridine rings is 1. The Morgan fingerprint density at radius 3 is 2.47 bits per heavy atom. The van der Waals surface area contributed by atoms with Gasteiger partial charge in [-0.15, -0.1) is 0 Å². The van der Waals surface area contributed by atoms with E-state index < -0.39 is 11.7 Å². The van der Waals surface area contributed by atoms with Gasteiger partial charge in [0.25, 0.3) is 23.3 Å². The molecule has 0 saturated heterocycles. The summed E-state index contributed by atoms with van der Waals surface area (Å²) in [6.45, 7) is 0. The Hall–Kier alpha value is -4.34. The number of rotatable bonds is 3. The standard InChI is InChI=1S/C24H20N6O4/c31-20-18-8-7-17(27-19-9-11-25-13-26-19)23(34)30(18)24(28-20)10-3-4-14(12-24)29-21(32)15-5-1-2-6-16(15)22(29)33/h1-2,5-9,11,13-14H,3-4,10,12H2,(H,28,31)(H,25,26,27).